The quantitative estimate of drug-likeness (QED) is 0.450. The molecule has 0 N–H and O–H groups in total. The van der Waals surface area contributed by atoms with E-state index in [4.69, 9.17) is 0 Å². The molecule has 1 aliphatic rings. The van der Waals surface area contributed by atoms with E-state index in [0.717, 1.165) is 0 Å². The zero-order valence-corrected chi connectivity index (χ0v) is 11.1. The van der Waals surface area contributed by atoms with Gasteiger partial charge in [0.2, 0.25) is 0 Å². The summed E-state index contributed by atoms with van der Waals surface area (Å²) in [6.45, 7) is -0.504. The Hall–Kier alpha value is -0.830. The van der Waals surface area contributed by atoms with Crippen molar-refractivity contribution in [1.82, 2.24) is 0 Å². The minimum atomic E-state index is -5.52. The molecule has 1 rings (SSSR count). The third-order valence-corrected chi connectivity index (χ3v) is 4.14. The first-order chi connectivity index (χ1) is 8.67. The van der Waals surface area contributed by atoms with Gasteiger partial charge in [0.05, 0.1) is 19.6 Å². The van der Waals surface area contributed by atoms with Gasteiger partial charge in [0.1, 0.15) is 0 Å². The lowest BCUT2D eigenvalue weighted by Crippen LogP contribution is -2.30. The highest BCUT2D eigenvalue weighted by molar-refractivity contribution is 7.87. The normalized spacial score (nSPS) is 25.1. The van der Waals surface area contributed by atoms with Gasteiger partial charge in [-0.3, -0.25) is 8.98 Å². The summed E-state index contributed by atoms with van der Waals surface area (Å²) in [5.41, 5.74) is -5.39. The maximum absolute atomic E-state index is 12.0. The van der Waals surface area contributed by atoms with E-state index in [0.29, 0.717) is 25.7 Å². The van der Waals surface area contributed by atoms with Gasteiger partial charge in [-0.25, -0.2) is 0 Å². The van der Waals surface area contributed by atoms with Crippen molar-refractivity contribution < 1.29 is 35.3 Å². The highest BCUT2D eigenvalue weighted by Gasteiger charge is 2.47. The van der Waals surface area contributed by atoms with Gasteiger partial charge in [0, 0.05) is 0 Å². The number of esters is 1. The molecule has 0 spiro atoms. The van der Waals surface area contributed by atoms with E-state index >= 15 is 0 Å². The largest absolute Gasteiger partial charge is 0.523 e. The predicted molar refractivity (Wildman–Crippen MR) is 58.4 cm³/mol. The topological polar surface area (TPSA) is 69.7 Å². The van der Waals surface area contributed by atoms with Gasteiger partial charge in [-0.15, -0.1) is 0 Å². The van der Waals surface area contributed by atoms with Crippen molar-refractivity contribution in [3.63, 3.8) is 0 Å². The van der Waals surface area contributed by atoms with Crippen LogP contribution in [-0.2, 0) is 23.8 Å². The van der Waals surface area contributed by atoms with Crippen molar-refractivity contribution in [2.75, 3.05) is 13.7 Å². The van der Waals surface area contributed by atoms with Crippen LogP contribution in [0.25, 0.3) is 0 Å². The molecule has 5 nitrogen and oxygen atoms in total. The number of halogens is 3. The van der Waals surface area contributed by atoms with E-state index in [9.17, 15) is 26.4 Å². The standard InChI is InChI=1S/C10H15F3O5S/c1-17-9(14)8-4-2-7(3-5-8)6-18-19(15,16)10(11,12)13/h7-8H,2-6H2,1H3. The maximum atomic E-state index is 12.0. The van der Waals surface area contributed by atoms with Crippen LogP contribution in [0.5, 0.6) is 0 Å². The first kappa shape index (κ1) is 16.2. The summed E-state index contributed by atoms with van der Waals surface area (Å²) in [7, 11) is -4.25. The smallest absolute Gasteiger partial charge is 0.469 e. The van der Waals surface area contributed by atoms with Crippen LogP contribution in [-0.4, -0.2) is 33.6 Å². The van der Waals surface area contributed by atoms with Crippen molar-refractivity contribution in [1.29, 1.82) is 0 Å². The molecule has 1 fully saturated rings. The highest BCUT2D eigenvalue weighted by atomic mass is 32.2. The van der Waals surface area contributed by atoms with Gasteiger partial charge in [0.15, 0.2) is 0 Å². The van der Waals surface area contributed by atoms with Crippen LogP contribution in [0.2, 0.25) is 0 Å². The molecule has 0 atom stereocenters. The molecule has 0 heterocycles. The Labute approximate surface area is 109 Å². The SMILES string of the molecule is COC(=O)C1CCC(COS(=O)(=O)C(F)(F)F)CC1. The lowest BCUT2D eigenvalue weighted by atomic mass is 9.82. The molecule has 0 aromatic carbocycles. The molecule has 0 amide bonds. The van der Waals surface area contributed by atoms with Gasteiger partial charge >= 0.3 is 21.6 Å². The zero-order chi connectivity index (χ0) is 14.7. The Kier molecular flexibility index (Phi) is 5.19. The zero-order valence-electron chi connectivity index (χ0n) is 10.3. The van der Waals surface area contributed by atoms with Crippen molar-refractivity contribution in [3.05, 3.63) is 0 Å². The van der Waals surface area contributed by atoms with E-state index in [-0.39, 0.29) is 17.8 Å². The number of carbonyl (C=O) groups excluding carboxylic acids is 1. The summed E-state index contributed by atoms with van der Waals surface area (Å²) in [5.74, 6) is -0.902. The van der Waals surface area contributed by atoms with Gasteiger partial charge in [0.25, 0.3) is 0 Å². The van der Waals surface area contributed by atoms with Crippen LogP contribution < -0.4 is 0 Å². The van der Waals surface area contributed by atoms with Crippen molar-refractivity contribution >= 4 is 16.1 Å². The number of carbonyl (C=O) groups is 1. The number of ether oxygens (including phenoxy) is 1. The van der Waals surface area contributed by atoms with E-state index < -0.39 is 22.2 Å². The number of methoxy groups -OCH3 is 1. The van der Waals surface area contributed by atoms with E-state index in [2.05, 4.69) is 8.92 Å². The molecule has 0 radical (unpaired) electrons. The van der Waals surface area contributed by atoms with Crippen LogP contribution in [0.1, 0.15) is 25.7 Å². The number of hydrogen-bond donors (Lipinski definition) is 0. The Morgan fingerprint density at radius 3 is 2.16 bits per heavy atom. The Bertz CT molecular complexity index is 409. The Morgan fingerprint density at radius 2 is 1.74 bits per heavy atom. The van der Waals surface area contributed by atoms with Gasteiger partial charge < -0.3 is 4.74 Å². The Morgan fingerprint density at radius 1 is 1.21 bits per heavy atom. The first-order valence-electron chi connectivity index (χ1n) is 5.71. The van der Waals surface area contributed by atoms with E-state index in [1.165, 1.54) is 7.11 Å². The second kappa shape index (κ2) is 6.08. The lowest BCUT2D eigenvalue weighted by molar-refractivity contribution is -0.146. The molecule has 0 aromatic heterocycles. The van der Waals surface area contributed by atoms with Crippen LogP contribution in [0.15, 0.2) is 0 Å². The summed E-state index contributed by atoms with van der Waals surface area (Å²) in [6, 6.07) is 0. The van der Waals surface area contributed by atoms with Crippen LogP contribution in [0, 0.1) is 11.8 Å². The van der Waals surface area contributed by atoms with Crippen molar-refractivity contribution in [3.8, 4) is 0 Å². The number of rotatable bonds is 4. The summed E-state index contributed by atoms with van der Waals surface area (Å²) >= 11 is 0. The molecule has 19 heavy (non-hydrogen) atoms. The third-order valence-electron chi connectivity index (χ3n) is 3.12. The molecule has 0 aromatic rings. The molecule has 1 aliphatic carbocycles. The van der Waals surface area contributed by atoms with Crippen LogP contribution in [0.3, 0.4) is 0 Å². The monoisotopic (exact) mass is 304 g/mol. The average Bonchev–Trinajstić information content (AvgIpc) is 2.35. The highest BCUT2D eigenvalue weighted by Crippen LogP contribution is 2.31. The fourth-order valence-corrected chi connectivity index (χ4v) is 2.49. The second-order valence-electron chi connectivity index (χ2n) is 4.43. The molecule has 9 heteroatoms. The number of hydrogen-bond acceptors (Lipinski definition) is 5. The molecule has 0 aliphatic heterocycles. The fraction of sp³-hybridized carbons (Fsp3) is 0.900. The minimum absolute atomic E-state index is 0.263. The summed E-state index contributed by atoms with van der Waals surface area (Å²) in [6.07, 6.45) is 1.81. The summed E-state index contributed by atoms with van der Waals surface area (Å²) in [5, 5.41) is 0. The average molecular weight is 304 g/mol. The van der Waals surface area contributed by atoms with Gasteiger partial charge in [-0.2, -0.15) is 21.6 Å². The van der Waals surface area contributed by atoms with E-state index in [1.54, 1.807) is 0 Å². The van der Waals surface area contributed by atoms with Crippen molar-refractivity contribution in [2.45, 2.75) is 31.2 Å². The summed E-state index contributed by atoms with van der Waals surface area (Å²) < 4.78 is 66.0. The third kappa shape index (κ3) is 4.34. The maximum Gasteiger partial charge on any atom is 0.523 e. The summed E-state index contributed by atoms with van der Waals surface area (Å²) in [4.78, 5) is 11.2. The van der Waals surface area contributed by atoms with Crippen LogP contribution in [0.4, 0.5) is 13.2 Å². The van der Waals surface area contributed by atoms with Gasteiger partial charge in [-0.1, -0.05) is 0 Å². The van der Waals surface area contributed by atoms with E-state index in [1.807, 2.05) is 0 Å². The second-order valence-corrected chi connectivity index (χ2v) is 6.03. The molecular weight excluding hydrogens is 289 g/mol. The molecule has 1 saturated carbocycles. The van der Waals surface area contributed by atoms with Gasteiger partial charge in [-0.05, 0) is 31.6 Å². The first-order valence-corrected chi connectivity index (χ1v) is 7.11. The molecule has 0 bridgehead atoms. The minimum Gasteiger partial charge on any atom is -0.469 e. The number of alkyl halides is 3. The lowest BCUT2D eigenvalue weighted by Gasteiger charge is -2.26. The molecule has 112 valence electrons. The molecule has 0 unspecified atom stereocenters. The van der Waals surface area contributed by atoms with Crippen molar-refractivity contribution in [2.24, 2.45) is 11.8 Å². The predicted octanol–water partition coefficient (Wildman–Crippen LogP) is 1.83. The molecule has 0 saturated heterocycles. The Balaban J connectivity index is 2.41. The van der Waals surface area contributed by atoms with Crippen LogP contribution >= 0.6 is 0 Å². The molecular formula is C10H15F3O5S. The fourth-order valence-electron chi connectivity index (χ4n) is 1.98.